The number of esters is 1. The quantitative estimate of drug-likeness (QED) is 0.508. The Morgan fingerprint density at radius 2 is 1.92 bits per heavy atom. The van der Waals surface area contributed by atoms with Gasteiger partial charge in [0.15, 0.2) is 0 Å². The molecule has 0 radical (unpaired) electrons. The van der Waals surface area contributed by atoms with Gasteiger partial charge in [-0.25, -0.2) is 14.0 Å². The lowest BCUT2D eigenvalue weighted by Gasteiger charge is -2.05. The minimum atomic E-state index is -0.736. The van der Waals surface area contributed by atoms with Crippen LogP contribution in [-0.4, -0.2) is 25.7 Å². The van der Waals surface area contributed by atoms with Crippen LogP contribution in [0.25, 0.3) is 0 Å². The van der Waals surface area contributed by atoms with Crippen molar-refractivity contribution in [2.45, 2.75) is 13.0 Å². The highest BCUT2D eigenvalue weighted by atomic mass is 19.1. The predicted molar refractivity (Wildman–Crippen MR) is 93.9 cm³/mol. The number of carbonyl (C=O) groups is 2. The molecule has 2 rings (SSSR count). The Morgan fingerprint density at radius 1 is 1.15 bits per heavy atom. The van der Waals surface area contributed by atoms with Crippen LogP contribution in [0.2, 0.25) is 0 Å². The summed E-state index contributed by atoms with van der Waals surface area (Å²) in [6.45, 7) is 0.507. The molecule has 0 aliphatic heterocycles. The molecular formula is C20H18FNO4. The highest BCUT2D eigenvalue weighted by Gasteiger charge is 2.11. The van der Waals surface area contributed by atoms with Crippen LogP contribution in [0.4, 0.5) is 9.18 Å². The second-order valence-corrected chi connectivity index (χ2v) is 5.23. The van der Waals surface area contributed by atoms with Gasteiger partial charge in [0.1, 0.15) is 12.4 Å². The number of hydrogen-bond donors (Lipinski definition) is 1. The zero-order chi connectivity index (χ0) is 18.8. The molecule has 5 nitrogen and oxygen atoms in total. The number of rotatable bonds is 5. The fourth-order valence-electron chi connectivity index (χ4n) is 2.03. The van der Waals surface area contributed by atoms with Crippen LogP contribution in [0.15, 0.2) is 48.5 Å². The lowest BCUT2D eigenvalue weighted by atomic mass is 10.1. The van der Waals surface area contributed by atoms with Gasteiger partial charge < -0.3 is 14.8 Å². The molecule has 0 spiro atoms. The molecule has 2 aromatic rings. The average molecular weight is 355 g/mol. The van der Waals surface area contributed by atoms with E-state index in [9.17, 15) is 14.0 Å². The van der Waals surface area contributed by atoms with Crippen LogP contribution in [0, 0.1) is 17.7 Å². The third-order valence-corrected chi connectivity index (χ3v) is 3.34. The van der Waals surface area contributed by atoms with E-state index in [4.69, 9.17) is 4.74 Å². The first-order valence-electron chi connectivity index (χ1n) is 7.91. The molecule has 0 heterocycles. The van der Waals surface area contributed by atoms with Crippen LogP contribution in [0.5, 0.6) is 0 Å². The third-order valence-electron chi connectivity index (χ3n) is 3.34. The normalized spacial score (nSPS) is 9.62. The number of carbonyl (C=O) groups excluding carboxylic acids is 2. The number of ether oxygens (including phenoxy) is 2. The van der Waals surface area contributed by atoms with Crippen molar-refractivity contribution in [2.75, 3.05) is 13.7 Å². The average Bonchev–Trinajstić information content (AvgIpc) is 2.66. The van der Waals surface area contributed by atoms with Crippen molar-refractivity contribution in [3.63, 3.8) is 0 Å². The van der Waals surface area contributed by atoms with Gasteiger partial charge in [0.25, 0.3) is 0 Å². The lowest BCUT2D eigenvalue weighted by molar-refractivity contribution is 0.0595. The number of benzene rings is 2. The molecule has 6 heteroatoms. The zero-order valence-corrected chi connectivity index (χ0v) is 14.3. The molecule has 134 valence electrons. The van der Waals surface area contributed by atoms with Gasteiger partial charge >= 0.3 is 12.1 Å². The molecule has 0 fully saturated rings. The van der Waals surface area contributed by atoms with E-state index < -0.39 is 17.9 Å². The summed E-state index contributed by atoms with van der Waals surface area (Å²) < 4.78 is 23.3. The second-order valence-electron chi connectivity index (χ2n) is 5.23. The van der Waals surface area contributed by atoms with Gasteiger partial charge in [-0.1, -0.05) is 42.2 Å². The summed E-state index contributed by atoms with van der Waals surface area (Å²) in [6.07, 6.45) is -0.148. The third kappa shape index (κ3) is 5.95. The molecule has 0 bridgehead atoms. The molecule has 26 heavy (non-hydrogen) atoms. The Labute approximate surface area is 151 Å². The number of amides is 1. The summed E-state index contributed by atoms with van der Waals surface area (Å²) >= 11 is 0. The van der Waals surface area contributed by atoms with Gasteiger partial charge in [-0.15, -0.1) is 0 Å². The van der Waals surface area contributed by atoms with Gasteiger partial charge in [0.2, 0.25) is 0 Å². The molecule has 1 N–H and O–H groups in total. The Morgan fingerprint density at radius 3 is 2.62 bits per heavy atom. The lowest BCUT2D eigenvalue weighted by Crippen LogP contribution is -2.24. The van der Waals surface area contributed by atoms with Crippen molar-refractivity contribution < 1.29 is 23.5 Å². The van der Waals surface area contributed by atoms with Gasteiger partial charge in [0, 0.05) is 18.5 Å². The predicted octanol–water partition coefficient (Wildman–Crippen LogP) is 3.28. The number of halogens is 1. The van der Waals surface area contributed by atoms with E-state index in [1.165, 1.54) is 25.3 Å². The number of nitrogens with one attached hydrogen (secondary N) is 1. The SMILES string of the molecule is COC(=O)c1ccc(C#CCCNC(=O)OCc2ccccc2)cc1F. The Balaban J connectivity index is 1.74. The largest absolute Gasteiger partial charge is 0.465 e. The maximum Gasteiger partial charge on any atom is 0.407 e. The number of alkyl carbamates (subject to hydrolysis) is 1. The molecule has 0 saturated carbocycles. The maximum absolute atomic E-state index is 13.8. The topological polar surface area (TPSA) is 64.6 Å². The standard InChI is InChI=1S/C20H18FNO4/c1-25-19(23)17-11-10-15(13-18(17)21)7-5-6-12-22-20(24)26-14-16-8-3-2-4-9-16/h2-4,8-11,13H,6,12,14H2,1H3,(H,22,24). The van der Waals surface area contributed by atoms with Gasteiger partial charge in [-0.05, 0) is 23.8 Å². The van der Waals surface area contributed by atoms with Crippen LogP contribution in [0.1, 0.15) is 27.9 Å². The van der Waals surface area contributed by atoms with Crippen molar-refractivity contribution in [1.29, 1.82) is 0 Å². The zero-order valence-electron chi connectivity index (χ0n) is 14.3. The minimum absolute atomic E-state index is 0.138. The summed E-state index contributed by atoms with van der Waals surface area (Å²) in [4.78, 5) is 22.9. The molecule has 2 aromatic carbocycles. The fraction of sp³-hybridized carbons (Fsp3) is 0.200. The second kappa shape index (κ2) is 9.84. The highest BCUT2D eigenvalue weighted by Crippen LogP contribution is 2.11. The molecule has 0 saturated heterocycles. The van der Waals surface area contributed by atoms with Crippen molar-refractivity contribution in [2.24, 2.45) is 0 Å². The van der Waals surface area contributed by atoms with Crippen LogP contribution in [0.3, 0.4) is 0 Å². The van der Waals surface area contributed by atoms with E-state index in [-0.39, 0.29) is 12.2 Å². The van der Waals surface area contributed by atoms with Crippen molar-refractivity contribution in [3.8, 4) is 11.8 Å². The van der Waals surface area contributed by atoms with Crippen LogP contribution < -0.4 is 5.32 Å². The van der Waals surface area contributed by atoms with E-state index in [0.29, 0.717) is 18.5 Å². The molecule has 0 aliphatic rings. The summed E-state index contributed by atoms with van der Waals surface area (Å²) in [6, 6.07) is 13.4. The van der Waals surface area contributed by atoms with E-state index in [1.807, 2.05) is 30.3 Å². The summed E-state index contributed by atoms with van der Waals surface area (Å²) in [5.74, 6) is 4.16. The van der Waals surface area contributed by atoms with Gasteiger partial charge in [-0.2, -0.15) is 0 Å². The van der Waals surface area contributed by atoms with Crippen molar-refractivity contribution in [1.82, 2.24) is 5.32 Å². The first-order valence-corrected chi connectivity index (χ1v) is 7.91. The van der Waals surface area contributed by atoms with Gasteiger partial charge in [-0.3, -0.25) is 0 Å². The smallest absolute Gasteiger partial charge is 0.407 e. The molecular weight excluding hydrogens is 337 g/mol. The van der Waals surface area contributed by atoms with Crippen molar-refractivity contribution in [3.05, 3.63) is 71.0 Å². The Kier molecular flexibility index (Phi) is 7.19. The summed E-state index contributed by atoms with van der Waals surface area (Å²) in [5, 5.41) is 2.58. The Hall–Kier alpha value is -3.33. The van der Waals surface area contributed by atoms with Crippen LogP contribution in [-0.2, 0) is 16.1 Å². The van der Waals surface area contributed by atoms with E-state index in [2.05, 4.69) is 21.9 Å². The van der Waals surface area contributed by atoms with Crippen LogP contribution >= 0.6 is 0 Å². The molecule has 1 amide bonds. The molecule has 0 aromatic heterocycles. The number of methoxy groups -OCH3 is 1. The molecule has 0 aliphatic carbocycles. The minimum Gasteiger partial charge on any atom is -0.465 e. The number of hydrogen-bond acceptors (Lipinski definition) is 4. The van der Waals surface area contributed by atoms with E-state index >= 15 is 0 Å². The fourth-order valence-corrected chi connectivity index (χ4v) is 2.03. The molecule has 0 unspecified atom stereocenters. The van der Waals surface area contributed by atoms with E-state index in [0.717, 1.165) is 5.56 Å². The first kappa shape index (κ1) is 19.0. The highest BCUT2D eigenvalue weighted by molar-refractivity contribution is 5.89. The summed E-state index contributed by atoms with van der Waals surface area (Å²) in [5.41, 5.74) is 1.20. The van der Waals surface area contributed by atoms with E-state index in [1.54, 1.807) is 0 Å². The van der Waals surface area contributed by atoms with Gasteiger partial charge in [0.05, 0.1) is 12.7 Å². The monoisotopic (exact) mass is 355 g/mol. The first-order chi connectivity index (χ1) is 12.6. The molecule has 0 atom stereocenters. The maximum atomic E-state index is 13.8. The Bertz CT molecular complexity index is 825. The van der Waals surface area contributed by atoms with Crippen molar-refractivity contribution >= 4 is 12.1 Å². The summed E-state index contributed by atoms with van der Waals surface area (Å²) in [7, 11) is 1.19.